The number of H-pyrrole nitrogens is 1. The number of amides is 2. The van der Waals surface area contributed by atoms with E-state index in [2.05, 4.69) is 15.2 Å². The van der Waals surface area contributed by atoms with Crippen LogP contribution in [0.25, 0.3) is 0 Å². The molecule has 3 heterocycles. The lowest BCUT2D eigenvalue weighted by Gasteiger charge is -2.34. The van der Waals surface area contributed by atoms with Gasteiger partial charge in [-0.25, -0.2) is 4.98 Å². The summed E-state index contributed by atoms with van der Waals surface area (Å²) in [5.41, 5.74) is 0. The van der Waals surface area contributed by atoms with E-state index in [4.69, 9.17) is 0 Å². The lowest BCUT2D eigenvalue weighted by Crippen LogP contribution is -2.50. The molecule has 2 aromatic heterocycles. The first-order chi connectivity index (χ1) is 9.75. The van der Waals surface area contributed by atoms with Crippen LogP contribution in [0.4, 0.5) is 0 Å². The average molecular weight is 291 g/mol. The first-order valence-corrected chi connectivity index (χ1v) is 7.11. The number of hydrogen-bond donors (Lipinski definition) is 1. The highest BCUT2D eigenvalue weighted by Gasteiger charge is 2.26. The summed E-state index contributed by atoms with van der Waals surface area (Å²) in [6, 6.07) is 3.68. The number of carbonyl (C=O) groups is 2. The zero-order valence-corrected chi connectivity index (χ0v) is 11.5. The van der Waals surface area contributed by atoms with E-state index in [1.54, 1.807) is 9.80 Å². The van der Waals surface area contributed by atoms with E-state index in [0.29, 0.717) is 26.2 Å². The Morgan fingerprint density at radius 2 is 1.85 bits per heavy atom. The van der Waals surface area contributed by atoms with Crippen LogP contribution in [0, 0.1) is 0 Å². The van der Waals surface area contributed by atoms with Gasteiger partial charge in [-0.3, -0.25) is 14.7 Å². The molecular formula is C12H13N5O2S. The molecule has 104 valence electrons. The summed E-state index contributed by atoms with van der Waals surface area (Å²) in [6.07, 6.45) is 1.31. The van der Waals surface area contributed by atoms with Crippen LogP contribution in [0.1, 0.15) is 20.3 Å². The Morgan fingerprint density at radius 3 is 2.40 bits per heavy atom. The topological polar surface area (TPSA) is 82.2 Å². The van der Waals surface area contributed by atoms with Gasteiger partial charge in [0.25, 0.3) is 11.8 Å². The Labute approximate surface area is 119 Å². The van der Waals surface area contributed by atoms with Crippen LogP contribution in [0.2, 0.25) is 0 Å². The van der Waals surface area contributed by atoms with Crippen molar-refractivity contribution >= 4 is 23.2 Å². The highest BCUT2D eigenvalue weighted by Crippen LogP contribution is 2.14. The van der Waals surface area contributed by atoms with Crippen LogP contribution in [-0.4, -0.2) is 63.0 Å². The Balaban J connectivity index is 1.60. The van der Waals surface area contributed by atoms with E-state index < -0.39 is 0 Å². The van der Waals surface area contributed by atoms with Crippen LogP contribution in [-0.2, 0) is 0 Å². The molecule has 1 aliphatic heterocycles. The molecule has 8 heteroatoms. The number of piperazine rings is 1. The van der Waals surface area contributed by atoms with Gasteiger partial charge in [0.15, 0.2) is 0 Å². The largest absolute Gasteiger partial charge is 0.334 e. The van der Waals surface area contributed by atoms with E-state index in [9.17, 15) is 9.59 Å². The van der Waals surface area contributed by atoms with Crippen LogP contribution >= 0.6 is 11.3 Å². The number of nitrogens with one attached hydrogen (secondary N) is 1. The first kappa shape index (κ1) is 12.8. The molecule has 2 amide bonds. The van der Waals surface area contributed by atoms with Gasteiger partial charge in [-0.2, -0.15) is 5.10 Å². The zero-order chi connectivity index (χ0) is 13.9. The second-order valence-corrected chi connectivity index (χ2v) is 5.34. The van der Waals surface area contributed by atoms with E-state index in [0.717, 1.165) is 4.88 Å². The average Bonchev–Trinajstić information content (AvgIpc) is 3.18. The third kappa shape index (κ3) is 2.42. The molecule has 0 aromatic carbocycles. The second kappa shape index (κ2) is 5.41. The predicted octanol–water partition coefficient (Wildman–Crippen LogP) is 0.464. The van der Waals surface area contributed by atoms with Crippen molar-refractivity contribution in [1.82, 2.24) is 25.0 Å². The van der Waals surface area contributed by atoms with E-state index in [1.807, 2.05) is 17.5 Å². The standard InChI is InChI=1S/C12H13N5O2S/c18-11(9-2-1-7-20-9)16-3-5-17(6-4-16)12(19)10-13-8-14-15-10/h1-2,7-8H,3-6H2,(H,13,14,15). The van der Waals surface area contributed by atoms with Gasteiger partial charge in [-0.1, -0.05) is 6.07 Å². The van der Waals surface area contributed by atoms with E-state index >= 15 is 0 Å². The molecule has 1 N–H and O–H groups in total. The minimum atomic E-state index is -0.175. The molecule has 20 heavy (non-hydrogen) atoms. The fraction of sp³-hybridized carbons (Fsp3) is 0.333. The molecule has 0 saturated carbocycles. The van der Waals surface area contributed by atoms with Gasteiger partial charge < -0.3 is 9.80 Å². The summed E-state index contributed by atoms with van der Waals surface area (Å²) < 4.78 is 0. The normalized spacial score (nSPS) is 15.4. The number of hydrogen-bond acceptors (Lipinski definition) is 5. The zero-order valence-electron chi connectivity index (χ0n) is 10.7. The fourth-order valence-electron chi connectivity index (χ4n) is 2.13. The molecule has 2 aromatic rings. The molecule has 0 atom stereocenters. The smallest absolute Gasteiger partial charge is 0.291 e. The molecule has 0 unspecified atom stereocenters. The van der Waals surface area contributed by atoms with Crippen LogP contribution < -0.4 is 0 Å². The maximum atomic E-state index is 12.2. The van der Waals surface area contributed by atoms with Gasteiger partial charge in [0.2, 0.25) is 5.82 Å². The fourth-order valence-corrected chi connectivity index (χ4v) is 2.82. The lowest BCUT2D eigenvalue weighted by atomic mass is 10.3. The molecule has 0 spiro atoms. The molecule has 0 radical (unpaired) electrons. The molecule has 1 fully saturated rings. The number of nitrogens with zero attached hydrogens (tertiary/aromatic N) is 4. The number of carbonyl (C=O) groups excluding carboxylic acids is 2. The van der Waals surface area contributed by atoms with Crippen molar-refractivity contribution < 1.29 is 9.59 Å². The van der Waals surface area contributed by atoms with E-state index in [-0.39, 0.29) is 17.6 Å². The van der Waals surface area contributed by atoms with Crippen LogP contribution in [0.3, 0.4) is 0 Å². The van der Waals surface area contributed by atoms with Crippen LogP contribution in [0.15, 0.2) is 23.8 Å². The molecule has 1 aliphatic rings. The monoisotopic (exact) mass is 291 g/mol. The first-order valence-electron chi connectivity index (χ1n) is 6.23. The van der Waals surface area contributed by atoms with Gasteiger partial charge in [-0.15, -0.1) is 11.3 Å². The maximum Gasteiger partial charge on any atom is 0.291 e. The quantitative estimate of drug-likeness (QED) is 0.871. The third-order valence-electron chi connectivity index (χ3n) is 3.20. The van der Waals surface area contributed by atoms with Gasteiger partial charge in [0.05, 0.1) is 4.88 Å². The van der Waals surface area contributed by atoms with Crippen molar-refractivity contribution in [3.63, 3.8) is 0 Å². The Morgan fingerprint density at radius 1 is 1.15 bits per heavy atom. The van der Waals surface area contributed by atoms with Gasteiger partial charge in [0, 0.05) is 26.2 Å². The Bertz CT molecular complexity index is 533. The molecular weight excluding hydrogens is 278 g/mol. The summed E-state index contributed by atoms with van der Waals surface area (Å²) in [7, 11) is 0. The van der Waals surface area contributed by atoms with Crippen molar-refractivity contribution in [3.05, 3.63) is 34.5 Å². The minimum Gasteiger partial charge on any atom is -0.334 e. The summed E-state index contributed by atoms with van der Waals surface area (Å²) in [4.78, 5) is 32.3. The molecule has 7 nitrogen and oxygen atoms in total. The number of aromatic nitrogens is 3. The number of rotatable bonds is 2. The van der Waals surface area contributed by atoms with Crippen molar-refractivity contribution in [2.24, 2.45) is 0 Å². The minimum absolute atomic E-state index is 0.0340. The molecule has 1 saturated heterocycles. The Kier molecular flexibility index (Phi) is 3.46. The molecule has 0 bridgehead atoms. The number of aromatic amines is 1. The van der Waals surface area contributed by atoms with Gasteiger partial charge in [-0.05, 0) is 11.4 Å². The second-order valence-electron chi connectivity index (χ2n) is 4.40. The van der Waals surface area contributed by atoms with E-state index in [1.165, 1.54) is 17.7 Å². The van der Waals surface area contributed by atoms with Crippen LogP contribution in [0.5, 0.6) is 0 Å². The van der Waals surface area contributed by atoms with Crippen molar-refractivity contribution in [2.75, 3.05) is 26.2 Å². The van der Waals surface area contributed by atoms with Gasteiger partial charge in [0.1, 0.15) is 6.33 Å². The number of thiophene rings is 1. The van der Waals surface area contributed by atoms with Crippen molar-refractivity contribution in [2.45, 2.75) is 0 Å². The summed E-state index contributed by atoms with van der Waals surface area (Å²) >= 11 is 1.43. The van der Waals surface area contributed by atoms with Crippen molar-refractivity contribution in [3.8, 4) is 0 Å². The van der Waals surface area contributed by atoms with Crippen molar-refractivity contribution in [1.29, 1.82) is 0 Å². The predicted molar refractivity (Wildman–Crippen MR) is 72.5 cm³/mol. The summed E-state index contributed by atoms with van der Waals surface area (Å²) in [5.74, 6) is 0.0977. The lowest BCUT2D eigenvalue weighted by molar-refractivity contribution is 0.0531. The molecule has 0 aliphatic carbocycles. The molecule has 3 rings (SSSR count). The summed E-state index contributed by atoms with van der Waals surface area (Å²) in [6.45, 7) is 2.10. The third-order valence-corrected chi connectivity index (χ3v) is 4.06. The summed E-state index contributed by atoms with van der Waals surface area (Å²) in [5, 5.41) is 8.11. The Hall–Kier alpha value is -2.22. The van der Waals surface area contributed by atoms with Gasteiger partial charge >= 0.3 is 0 Å². The highest BCUT2D eigenvalue weighted by molar-refractivity contribution is 7.12. The SMILES string of the molecule is O=C(c1ncn[nH]1)N1CCN(C(=O)c2cccs2)CC1. The maximum absolute atomic E-state index is 12.2. The highest BCUT2D eigenvalue weighted by atomic mass is 32.1.